The van der Waals surface area contributed by atoms with Crippen LogP contribution in [0.15, 0.2) is 48.5 Å². The fourth-order valence-electron chi connectivity index (χ4n) is 2.91. The molecule has 0 aromatic heterocycles. The van der Waals surface area contributed by atoms with Crippen LogP contribution in [0.2, 0.25) is 5.02 Å². The number of nitrogens with one attached hydrogen (secondary N) is 1. The van der Waals surface area contributed by atoms with Gasteiger partial charge in [0.2, 0.25) is 0 Å². The lowest BCUT2D eigenvalue weighted by Crippen LogP contribution is -2.34. The number of hydrogen-bond donors (Lipinski definition) is 1. The predicted molar refractivity (Wildman–Crippen MR) is 92.1 cm³/mol. The van der Waals surface area contributed by atoms with E-state index < -0.39 is 0 Å². The normalized spacial score (nSPS) is 17.1. The standard InChI is InChI=1S/C18H19ClN2O2/c1-23-16-10-8-15(9-11-16)20-18(22)21-12-2-3-17(21)13-4-6-14(19)7-5-13/h4-11,17H,2-3,12H2,1H3,(H,20,22). The monoisotopic (exact) mass is 330 g/mol. The fourth-order valence-corrected chi connectivity index (χ4v) is 3.04. The van der Waals surface area contributed by atoms with E-state index in [0.717, 1.165) is 36.4 Å². The quantitative estimate of drug-likeness (QED) is 0.884. The highest BCUT2D eigenvalue weighted by atomic mass is 35.5. The second-order valence-electron chi connectivity index (χ2n) is 5.56. The Balaban J connectivity index is 1.71. The molecule has 0 saturated carbocycles. The molecule has 2 amide bonds. The van der Waals surface area contributed by atoms with Crippen LogP contribution in [-0.2, 0) is 0 Å². The lowest BCUT2D eigenvalue weighted by Gasteiger charge is -2.25. The van der Waals surface area contributed by atoms with E-state index >= 15 is 0 Å². The van der Waals surface area contributed by atoms with Gasteiger partial charge in [0.25, 0.3) is 0 Å². The summed E-state index contributed by atoms with van der Waals surface area (Å²) in [6, 6.07) is 15.1. The van der Waals surface area contributed by atoms with Crippen molar-refractivity contribution in [1.82, 2.24) is 4.90 Å². The van der Waals surface area contributed by atoms with Crippen LogP contribution in [-0.4, -0.2) is 24.6 Å². The Morgan fingerprint density at radius 3 is 2.52 bits per heavy atom. The van der Waals surface area contributed by atoms with Gasteiger partial charge < -0.3 is 15.0 Å². The van der Waals surface area contributed by atoms with Crippen molar-refractivity contribution in [2.45, 2.75) is 18.9 Å². The molecule has 1 saturated heterocycles. The smallest absolute Gasteiger partial charge is 0.322 e. The van der Waals surface area contributed by atoms with Crippen molar-refractivity contribution >= 4 is 23.3 Å². The van der Waals surface area contributed by atoms with Crippen molar-refractivity contribution in [1.29, 1.82) is 0 Å². The molecule has 120 valence electrons. The van der Waals surface area contributed by atoms with Crippen LogP contribution in [0.3, 0.4) is 0 Å². The van der Waals surface area contributed by atoms with Crippen LogP contribution >= 0.6 is 11.6 Å². The molecule has 0 aliphatic carbocycles. The number of likely N-dealkylation sites (tertiary alicyclic amines) is 1. The molecule has 5 heteroatoms. The van der Waals surface area contributed by atoms with Crippen molar-refractivity contribution in [3.63, 3.8) is 0 Å². The van der Waals surface area contributed by atoms with Crippen molar-refractivity contribution in [2.24, 2.45) is 0 Å². The number of anilines is 1. The number of ether oxygens (including phenoxy) is 1. The van der Waals surface area contributed by atoms with Crippen LogP contribution in [0.5, 0.6) is 5.75 Å². The first kappa shape index (κ1) is 15.7. The lowest BCUT2D eigenvalue weighted by molar-refractivity contribution is 0.207. The Morgan fingerprint density at radius 2 is 1.87 bits per heavy atom. The number of nitrogens with zero attached hydrogens (tertiary/aromatic N) is 1. The number of carbonyl (C=O) groups is 1. The first-order valence-corrected chi connectivity index (χ1v) is 8.02. The average Bonchev–Trinajstić information content (AvgIpc) is 3.06. The molecule has 1 N–H and O–H groups in total. The fraction of sp³-hybridized carbons (Fsp3) is 0.278. The summed E-state index contributed by atoms with van der Waals surface area (Å²) in [7, 11) is 1.62. The molecule has 1 aliphatic heterocycles. The summed E-state index contributed by atoms with van der Waals surface area (Å²) in [6.45, 7) is 0.759. The highest BCUT2D eigenvalue weighted by Crippen LogP contribution is 2.33. The molecule has 1 unspecified atom stereocenters. The van der Waals surface area contributed by atoms with E-state index in [9.17, 15) is 4.79 Å². The van der Waals surface area contributed by atoms with Gasteiger partial charge in [-0.2, -0.15) is 0 Å². The third-order valence-corrected chi connectivity index (χ3v) is 4.36. The highest BCUT2D eigenvalue weighted by molar-refractivity contribution is 6.30. The molecule has 2 aromatic rings. The topological polar surface area (TPSA) is 41.6 Å². The molecule has 1 fully saturated rings. The first-order valence-electron chi connectivity index (χ1n) is 7.64. The van der Waals surface area contributed by atoms with Crippen LogP contribution < -0.4 is 10.1 Å². The Hall–Kier alpha value is -2.20. The summed E-state index contributed by atoms with van der Waals surface area (Å²) in [6.07, 6.45) is 1.97. The first-order chi connectivity index (χ1) is 11.2. The van der Waals surface area contributed by atoms with Gasteiger partial charge in [0.1, 0.15) is 5.75 Å². The summed E-state index contributed by atoms with van der Waals surface area (Å²) in [5, 5.41) is 3.66. The summed E-state index contributed by atoms with van der Waals surface area (Å²) < 4.78 is 5.12. The molecule has 1 atom stereocenters. The van der Waals surface area contributed by atoms with E-state index in [0.29, 0.717) is 5.02 Å². The van der Waals surface area contributed by atoms with Crippen LogP contribution in [0.1, 0.15) is 24.4 Å². The van der Waals surface area contributed by atoms with Gasteiger partial charge >= 0.3 is 6.03 Å². The number of benzene rings is 2. The van der Waals surface area contributed by atoms with Gasteiger partial charge in [-0.05, 0) is 54.8 Å². The number of methoxy groups -OCH3 is 1. The predicted octanol–water partition coefficient (Wildman–Crippen LogP) is 4.72. The number of hydrogen-bond acceptors (Lipinski definition) is 2. The molecule has 0 spiro atoms. The molecule has 1 heterocycles. The zero-order valence-electron chi connectivity index (χ0n) is 13.0. The maximum atomic E-state index is 12.6. The number of urea groups is 1. The second kappa shape index (κ2) is 6.92. The molecular weight excluding hydrogens is 312 g/mol. The van der Waals surface area contributed by atoms with Gasteiger partial charge in [-0.15, -0.1) is 0 Å². The van der Waals surface area contributed by atoms with Crippen molar-refractivity contribution < 1.29 is 9.53 Å². The maximum absolute atomic E-state index is 12.6. The van der Waals surface area contributed by atoms with Crippen LogP contribution in [0.25, 0.3) is 0 Å². The Morgan fingerprint density at radius 1 is 1.17 bits per heavy atom. The summed E-state index contributed by atoms with van der Waals surface area (Å²) in [5.74, 6) is 0.767. The lowest BCUT2D eigenvalue weighted by atomic mass is 10.1. The van der Waals surface area contributed by atoms with Gasteiger partial charge in [0.15, 0.2) is 0 Å². The number of carbonyl (C=O) groups excluding carboxylic acids is 1. The number of rotatable bonds is 3. The highest BCUT2D eigenvalue weighted by Gasteiger charge is 2.29. The maximum Gasteiger partial charge on any atom is 0.322 e. The summed E-state index contributed by atoms with van der Waals surface area (Å²) >= 11 is 5.95. The van der Waals surface area contributed by atoms with E-state index in [2.05, 4.69) is 5.32 Å². The van der Waals surface area contributed by atoms with Crippen molar-refractivity contribution in [3.8, 4) is 5.75 Å². The summed E-state index contributed by atoms with van der Waals surface area (Å²) in [4.78, 5) is 14.5. The zero-order valence-corrected chi connectivity index (χ0v) is 13.7. The Bertz CT molecular complexity index is 670. The molecule has 2 aromatic carbocycles. The third-order valence-electron chi connectivity index (χ3n) is 4.11. The molecule has 0 radical (unpaired) electrons. The Labute approximate surface area is 141 Å². The summed E-state index contributed by atoms with van der Waals surface area (Å²) in [5.41, 5.74) is 1.88. The SMILES string of the molecule is COc1ccc(NC(=O)N2CCCC2c2ccc(Cl)cc2)cc1. The molecule has 23 heavy (non-hydrogen) atoms. The van der Waals surface area contributed by atoms with Crippen molar-refractivity contribution in [3.05, 3.63) is 59.1 Å². The van der Waals surface area contributed by atoms with E-state index in [-0.39, 0.29) is 12.1 Å². The minimum atomic E-state index is -0.0763. The van der Waals surface area contributed by atoms with Gasteiger partial charge in [0.05, 0.1) is 13.2 Å². The Kier molecular flexibility index (Phi) is 4.72. The molecule has 1 aliphatic rings. The van der Waals surface area contributed by atoms with Crippen molar-refractivity contribution in [2.75, 3.05) is 19.0 Å². The van der Waals surface area contributed by atoms with E-state index in [1.807, 2.05) is 53.4 Å². The van der Waals surface area contributed by atoms with Gasteiger partial charge in [0, 0.05) is 17.3 Å². The number of halogens is 1. The van der Waals surface area contributed by atoms with Gasteiger partial charge in [-0.1, -0.05) is 23.7 Å². The van der Waals surface area contributed by atoms with E-state index in [1.54, 1.807) is 7.11 Å². The van der Waals surface area contributed by atoms with E-state index in [4.69, 9.17) is 16.3 Å². The second-order valence-corrected chi connectivity index (χ2v) is 6.00. The largest absolute Gasteiger partial charge is 0.497 e. The third kappa shape index (κ3) is 3.59. The molecule has 4 nitrogen and oxygen atoms in total. The average molecular weight is 331 g/mol. The van der Waals surface area contributed by atoms with Gasteiger partial charge in [-0.3, -0.25) is 0 Å². The minimum absolute atomic E-state index is 0.0763. The van der Waals surface area contributed by atoms with E-state index in [1.165, 1.54) is 0 Å². The molecule has 0 bridgehead atoms. The molecule has 3 rings (SSSR count). The number of amides is 2. The van der Waals surface area contributed by atoms with Gasteiger partial charge in [-0.25, -0.2) is 4.79 Å². The van der Waals surface area contributed by atoms with Crippen LogP contribution in [0.4, 0.5) is 10.5 Å². The zero-order chi connectivity index (χ0) is 16.2. The molecular formula is C18H19ClN2O2. The minimum Gasteiger partial charge on any atom is -0.497 e. The van der Waals surface area contributed by atoms with Crippen LogP contribution in [0, 0.1) is 0 Å².